The highest BCUT2D eigenvalue weighted by atomic mass is 14.9. The Bertz CT molecular complexity index is 205. The minimum absolute atomic E-state index is 0.800. The van der Waals surface area contributed by atoms with Crippen molar-refractivity contribution < 1.29 is 0 Å². The predicted octanol–water partition coefficient (Wildman–Crippen LogP) is 3.84. The summed E-state index contributed by atoms with van der Waals surface area (Å²) in [5.74, 6) is 4.03. The lowest BCUT2D eigenvalue weighted by atomic mass is 9.72. The molecule has 0 radical (unpaired) electrons. The molecule has 0 spiro atoms. The van der Waals surface area contributed by atoms with Crippen molar-refractivity contribution in [1.82, 2.24) is 5.32 Å². The number of rotatable bonds is 3. The molecule has 2 saturated carbocycles. The quantitative estimate of drug-likeness (QED) is 0.766. The molecule has 94 valence electrons. The van der Waals surface area contributed by atoms with Gasteiger partial charge in [-0.3, -0.25) is 0 Å². The zero-order valence-corrected chi connectivity index (χ0v) is 11.3. The second kappa shape index (κ2) is 5.53. The van der Waals surface area contributed by atoms with E-state index < -0.39 is 0 Å². The van der Waals surface area contributed by atoms with Crippen LogP contribution in [-0.2, 0) is 0 Å². The SMILES string of the molecule is CCC1CCC(C2CCC(NC)C2C)CC1. The zero-order valence-electron chi connectivity index (χ0n) is 11.3. The van der Waals surface area contributed by atoms with Crippen molar-refractivity contribution >= 4 is 0 Å². The van der Waals surface area contributed by atoms with Crippen LogP contribution in [0.5, 0.6) is 0 Å². The third-order valence-electron chi connectivity index (χ3n) is 5.57. The number of hydrogen-bond donors (Lipinski definition) is 1. The molecule has 0 amide bonds. The maximum atomic E-state index is 3.50. The summed E-state index contributed by atoms with van der Waals surface area (Å²) in [5, 5.41) is 3.50. The van der Waals surface area contributed by atoms with Crippen molar-refractivity contribution in [1.29, 1.82) is 0 Å². The molecular formula is C15H29N. The van der Waals surface area contributed by atoms with Gasteiger partial charge in [-0.05, 0) is 56.4 Å². The topological polar surface area (TPSA) is 12.0 Å². The number of hydrogen-bond acceptors (Lipinski definition) is 1. The van der Waals surface area contributed by atoms with Crippen LogP contribution in [0.1, 0.15) is 58.8 Å². The van der Waals surface area contributed by atoms with Gasteiger partial charge in [0.25, 0.3) is 0 Å². The van der Waals surface area contributed by atoms with E-state index in [0.29, 0.717) is 0 Å². The smallest absolute Gasteiger partial charge is 0.00925 e. The fourth-order valence-electron chi connectivity index (χ4n) is 4.29. The van der Waals surface area contributed by atoms with Gasteiger partial charge in [0.2, 0.25) is 0 Å². The average molecular weight is 223 g/mol. The third kappa shape index (κ3) is 2.45. The molecule has 2 aliphatic rings. The van der Waals surface area contributed by atoms with Gasteiger partial charge in [-0.2, -0.15) is 0 Å². The van der Waals surface area contributed by atoms with Gasteiger partial charge >= 0.3 is 0 Å². The van der Waals surface area contributed by atoms with E-state index in [1.807, 2.05) is 0 Å². The molecule has 0 bridgehead atoms. The summed E-state index contributed by atoms with van der Waals surface area (Å²) in [6.45, 7) is 4.84. The summed E-state index contributed by atoms with van der Waals surface area (Å²) in [6, 6.07) is 0.800. The molecule has 0 aromatic heterocycles. The first kappa shape index (κ1) is 12.4. The molecule has 0 saturated heterocycles. The van der Waals surface area contributed by atoms with E-state index in [0.717, 1.165) is 29.7 Å². The molecule has 3 unspecified atom stereocenters. The van der Waals surface area contributed by atoms with Gasteiger partial charge in [-0.25, -0.2) is 0 Å². The van der Waals surface area contributed by atoms with E-state index in [2.05, 4.69) is 26.2 Å². The van der Waals surface area contributed by atoms with Crippen LogP contribution in [0.4, 0.5) is 0 Å². The Hall–Kier alpha value is -0.0400. The van der Waals surface area contributed by atoms with Gasteiger partial charge in [0.05, 0.1) is 0 Å². The molecule has 2 fully saturated rings. The van der Waals surface area contributed by atoms with Crippen LogP contribution in [0.25, 0.3) is 0 Å². The number of nitrogens with one attached hydrogen (secondary N) is 1. The minimum Gasteiger partial charge on any atom is -0.317 e. The Balaban J connectivity index is 1.85. The van der Waals surface area contributed by atoms with Crippen molar-refractivity contribution in [2.75, 3.05) is 7.05 Å². The molecule has 1 nitrogen and oxygen atoms in total. The average Bonchev–Trinajstić information content (AvgIpc) is 2.70. The Labute approximate surface area is 101 Å². The molecule has 2 rings (SSSR count). The molecule has 0 aromatic carbocycles. The molecule has 1 N–H and O–H groups in total. The summed E-state index contributed by atoms with van der Waals surface area (Å²) in [7, 11) is 2.14. The van der Waals surface area contributed by atoms with Crippen molar-refractivity contribution in [3.63, 3.8) is 0 Å². The molecular weight excluding hydrogens is 194 g/mol. The zero-order chi connectivity index (χ0) is 11.5. The van der Waals surface area contributed by atoms with E-state index in [1.54, 1.807) is 0 Å². The van der Waals surface area contributed by atoms with Gasteiger partial charge in [-0.15, -0.1) is 0 Å². The van der Waals surface area contributed by atoms with E-state index in [4.69, 9.17) is 0 Å². The molecule has 3 atom stereocenters. The van der Waals surface area contributed by atoms with Crippen LogP contribution >= 0.6 is 0 Å². The van der Waals surface area contributed by atoms with Gasteiger partial charge < -0.3 is 5.32 Å². The van der Waals surface area contributed by atoms with E-state index >= 15 is 0 Å². The molecule has 1 heteroatoms. The highest BCUT2D eigenvalue weighted by Gasteiger charge is 2.37. The Morgan fingerprint density at radius 3 is 2.19 bits per heavy atom. The van der Waals surface area contributed by atoms with Crippen LogP contribution in [0, 0.1) is 23.7 Å². The lowest BCUT2D eigenvalue weighted by molar-refractivity contribution is 0.169. The Kier molecular flexibility index (Phi) is 4.29. The van der Waals surface area contributed by atoms with Crippen LogP contribution in [-0.4, -0.2) is 13.1 Å². The van der Waals surface area contributed by atoms with Gasteiger partial charge in [0.1, 0.15) is 0 Å². The van der Waals surface area contributed by atoms with Crippen molar-refractivity contribution in [3.8, 4) is 0 Å². The molecule has 0 aromatic rings. The minimum atomic E-state index is 0.800. The molecule has 2 aliphatic carbocycles. The van der Waals surface area contributed by atoms with E-state index in [9.17, 15) is 0 Å². The second-order valence-electron chi connectivity index (χ2n) is 6.18. The standard InChI is InChI=1S/C15H29N/c1-4-12-5-7-13(8-6-12)14-9-10-15(16-3)11(14)2/h11-16H,4-10H2,1-3H3. The Morgan fingerprint density at radius 2 is 1.69 bits per heavy atom. The van der Waals surface area contributed by atoms with Crippen molar-refractivity contribution in [2.24, 2.45) is 23.7 Å². The predicted molar refractivity (Wildman–Crippen MR) is 70.5 cm³/mol. The highest BCUT2D eigenvalue weighted by molar-refractivity contribution is 4.91. The maximum Gasteiger partial charge on any atom is 0.00925 e. The van der Waals surface area contributed by atoms with Crippen molar-refractivity contribution in [3.05, 3.63) is 0 Å². The summed E-state index contributed by atoms with van der Waals surface area (Å²) < 4.78 is 0. The van der Waals surface area contributed by atoms with Gasteiger partial charge in [0.15, 0.2) is 0 Å². The first-order valence-corrected chi connectivity index (χ1v) is 7.43. The van der Waals surface area contributed by atoms with E-state index in [-0.39, 0.29) is 0 Å². The second-order valence-corrected chi connectivity index (χ2v) is 6.18. The molecule has 0 heterocycles. The lowest BCUT2D eigenvalue weighted by Gasteiger charge is -2.34. The van der Waals surface area contributed by atoms with Crippen LogP contribution in [0.2, 0.25) is 0 Å². The largest absolute Gasteiger partial charge is 0.317 e. The van der Waals surface area contributed by atoms with Gasteiger partial charge in [0, 0.05) is 6.04 Å². The first-order chi connectivity index (χ1) is 7.76. The van der Waals surface area contributed by atoms with Gasteiger partial charge in [-0.1, -0.05) is 33.1 Å². The van der Waals surface area contributed by atoms with E-state index in [1.165, 1.54) is 44.9 Å². The fourth-order valence-corrected chi connectivity index (χ4v) is 4.29. The molecule has 0 aliphatic heterocycles. The van der Waals surface area contributed by atoms with Crippen LogP contribution < -0.4 is 5.32 Å². The third-order valence-corrected chi connectivity index (χ3v) is 5.57. The fraction of sp³-hybridized carbons (Fsp3) is 1.00. The lowest BCUT2D eigenvalue weighted by Crippen LogP contribution is -2.32. The maximum absolute atomic E-state index is 3.50. The summed E-state index contributed by atoms with van der Waals surface area (Å²) >= 11 is 0. The Morgan fingerprint density at radius 1 is 1.00 bits per heavy atom. The highest BCUT2D eigenvalue weighted by Crippen LogP contribution is 2.44. The summed E-state index contributed by atoms with van der Waals surface area (Å²) in [4.78, 5) is 0. The summed E-state index contributed by atoms with van der Waals surface area (Å²) in [5.41, 5.74) is 0. The van der Waals surface area contributed by atoms with Crippen LogP contribution in [0.15, 0.2) is 0 Å². The molecule has 16 heavy (non-hydrogen) atoms. The normalized spacial score (nSPS) is 44.8. The first-order valence-electron chi connectivity index (χ1n) is 7.43. The monoisotopic (exact) mass is 223 g/mol. The van der Waals surface area contributed by atoms with Crippen molar-refractivity contribution in [2.45, 2.75) is 64.8 Å². The van der Waals surface area contributed by atoms with Crippen LogP contribution in [0.3, 0.4) is 0 Å². The summed E-state index contributed by atoms with van der Waals surface area (Å²) in [6.07, 6.45) is 10.4.